The normalized spacial score (nSPS) is 27.1. The fourth-order valence-corrected chi connectivity index (χ4v) is 12.2. The topological polar surface area (TPSA) is 475 Å². The number of hydrogen-bond donors (Lipinski definition) is 9. The van der Waals surface area contributed by atoms with Gasteiger partial charge in [0.05, 0.1) is 117 Å². The van der Waals surface area contributed by atoms with E-state index in [1.54, 1.807) is 57.7 Å². The summed E-state index contributed by atoms with van der Waals surface area (Å²) in [5.41, 5.74) is 5.88. The lowest BCUT2D eigenvalue weighted by molar-refractivity contribution is -0.287. The number of aryl methyl sites for hydroxylation is 2. The molecule has 0 spiro atoms. The number of sulfone groups is 1. The number of rotatable bonds is 28. The van der Waals surface area contributed by atoms with Crippen LogP contribution in [0.3, 0.4) is 0 Å². The molecule has 3 amide bonds. The standard InChI is InChI=1S/C21H26N6O6.C19H33N5O9S.C18H28N6O7/c1-26-11-22-9-14(26)15-10-24-25-27(15)13-6-4-12(5-7-13)8-23-20(30)19-18(31-2)16(28)17(29)21(32-3)33-19;1-30-16-14(25)15(26)19(31-2)33-17(16)18(27)20-3-7-32-8-4-24-13(11-21-22-24)12-23-5-9-34(28,29)10-6-23;1-23-10-19-8-11(23)12-9-21-22-24(12)5-7-30-6-4-20-17(27)16-15(28-2)13(25)14(26)18(29-3)31-16/h4-7,9-11,16-19,21,28-29H,8H2,1-3H3,(H,23,30);11,14-17,19,25-26H,3-10,12H2,1-2H3,(H,20,27);8-10,13-16,18,25-26H,4-7H2,1-3H3,(H,20,27)/t16-,17+,18+,19?,21-;14-,15+,16+,17?,19-;13-,14+,15+,16?,18-/m111/s1. The lowest BCUT2D eigenvalue weighted by atomic mass is 9.98. The zero-order valence-electron chi connectivity index (χ0n) is 55.3. The van der Waals surface area contributed by atoms with Crippen molar-refractivity contribution in [3.63, 3.8) is 0 Å². The van der Waals surface area contributed by atoms with E-state index in [1.807, 2.05) is 47.5 Å². The van der Waals surface area contributed by atoms with Crippen LogP contribution in [-0.4, -0.2) is 325 Å². The maximum atomic E-state index is 12.7. The molecule has 1 aromatic carbocycles. The van der Waals surface area contributed by atoms with Crippen molar-refractivity contribution in [3.05, 3.63) is 79.2 Å². The minimum atomic E-state index is -2.93. The van der Waals surface area contributed by atoms with Gasteiger partial charge in [-0.3, -0.25) is 19.3 Å². The summed E-state index contributed by atoms with van der Waals surface area (Å²) < 4.78 is 89.9. The Kier molecular flexibility index (Phi) is 28.6. The first kappa shape index (κ1) is 76.5. The van der Waals surface area contributed by atoms with E-state index in [2.05, 4.69) is 61.8 Å². The number of hydrogen-bond acceptors (Lipinski definition) is 31. The number of aliphatic hydroxyl groups excluding tert-OH is 6. The van der Waals surface area contributed by atoms with Crippen molar-refractivity contribution in [2.24, 2.45) is 14.1 Å². The van der Waals surface area contributed by atoms with Crippen molar-refractivity contribution in [3.8, 4) is 28.5 Å². The average Bonchev–Trinajstić information content (AvgIpc) is 1.51. The number of aromatic nitrogens is 13. The van der Waals surface area contributed by atoms with E-state index in [0.29, 0.717) is 45.9 Å². The van der Waals surface area contributed by atoms with Crippen molar-refractivity contribution in [2.45, 2.75) is 118 Å². The Hall–Kier alpha value is -7.30. The Bertz CT molecular complexity index is 3530. The van der Waals surface area contributed by atoms with E-state index in [-0.39, 0.29) is 44.4 Å². The van der Waals surface area contributed by atoms with Gasteiger partial charge in [-0.2, -0.15) is 0 Å². The second-order valence-electron chi connectivity index (χ2n) is 22.7. The second kappa shape index (κ2) is 36.7. The Balaban J connectivity index is 0.000000188. The van der Waals surface area contributed by atoms with Crippen molar-refractivity contribution >= 4 is 27.6 Å². The minimum Gasteiger partial charge on any atom is -0.387 e. The number of ether oxygens (including phenoxy) is 11. The maximum absolute atomic E-state index is 12.7. The molecule has 0 aliphatic carbocycles. The van der Waals surface area contributed by atoms with Gasteiger partial charge in [0.1, 0.15) is 66.3 Å². The van der Waals surface area contributed by atoms with Gasteiger partial charge < -0.3 is 108 Å². The first-order chi connectivity index (χ1) is 47.2. The summed E-state index contributed by atoms with van der Waals surface area (Å²) in [6.45, 7) is 4.26. The molecule has 4 saturated heterocycles. The predicted molar refractivity (Wildman–Crippen MR) is 335 cm³/mol. The van der Waals surface area contributed by atoms with Crippen molar-refractivity contribution in [1.29, 1.82) is 0 Å². The van der Waals surface area contributed by atoms with Gasteiger partial charge >= 0.3 is 0 Å². The first-order valence-electron chi connectivity index (χ1n) is 31.0. The molecule has 15 atom stereocenters. The highest BCUT2D eigenvalue weighted by Gasteiger charge is 2.50. The van der Waals surface area contributed by atoms with Gasteiger partial charge in [0.2, 0.25) is 0 Å². The summed E-state index contributed by atoms with van der Waals surface area (Å²) >= 11 is 0. The zero-order chi connectivity index (χ0) is 70.6. The molecule has 10 rings (SSSR count). The van der Waals surface area contributed by atoms with Crippen LogP contribution >= 0.6 is 0 Å². The number of methoxy groups -OCH3 is 6. The minimum absolute atomic E-state index is 0.159. The Morgan fingerprint density at radius 1 is 0.520 bits per heavy atom. The van der Waals surface area contributed by atoms with E-state index in [1.165, 1.54) is 42.7 Å². The van der Waals surface area contributed by atoms with Crippen molar-refractivity contribution in [2.75, 3.05) is 107 Å². The molecular weight excluding hydrogens is 1320 g/mol. The second-order valence-corrected chi connectivity index (χ2v) is 25.1. The van der Waals surface area contributed by atoms with E-state index in [9.17, 15) is 53.4 Å². The molecule has 40 heteroatoms. The number of imidazole rings is 2. The van der Waals surface area contributed by atoms with Crippen LogP contribution in [-0.2, 0) is 117 Å². The van der Waals surface area contributed by atoms with Crippen LogP contribution in [0.15, 0.2) is 67.9 Å². The van der Waals surface area contributed by atoms with E-state index in [0.717, 1.165) is 39.7 Å². The number of amides is 3. The van der Waals surface area contributed by atoms with Crippen molar-refractivity contribution in [1.82, 2.24) is 84.9 Å². The van der Waals surface area contributed by atoms with Gasteiger partial charge in [0.15, 0.2) is 47.0 Å². The number of carbonyl (C=O) groups excluding carboxylic acids is 3. The fraction of sp³-hybridized carbons (Fsp3) is 0.638. The van der Waals surface area contributed by atoms with Crippen LogP contribution in [0.2, 0.25) is 0 Å². The Labute approximate surface area is 563 Å². The third kappa shape index (κ3) is 19.4. The lowest BCUT2D eigenvalue weighted by Gasteiger charge is -2.40. The highest BCUT2D eigenvalue weighted by Crippen LogP contribution is 2.28. The van der Waals surface area contributed by atoms with E-state index < -0.39 is 120 Å². The number of benzene rings is 1. The predicted octanol–water partition coefficient (Wildman–Crippen LogP) is -5.94. The van der Waals surface area contributed by atoms with Gasteiger partial charge in [0.25, 0.3) is 17.7 Å². The molecule has 0 saturated carbocycles. The highest BCUT2D eigenvalue weighted by atomic mass is 32.2. The van der Waals surface area contributed by atoms with Crippen LogP contribution in [0.5, 0.6) is 0 Å². The van der Waals surface area contributed by atoms with Crippen LogP contribution < -0.4 is 16.0 Å². The molecule has 98 heavy (non-hydrogen) atoms. The number of nitrogens with zero attached hydrogens (tertiary/aromatic N) is 14. The maximum Gasteiger partial charge on any atom is 0.252 e. The monoisotopic (exact) mass is 1410 g/mol. The number of nitrogens with one attached hydrogen (secondary N) is 3. The first-order valence-corrected chi connectivity index (χ1v) is 32.8. The van der Waals surface area contributed by atoms with Crippen LogP contribution in [0.25, 0.3) is 28.5 Å². The third-order valence-electron chi connectivity index (χ3n) is 16.4. The smallest absolute Gasteiger partial charge is 0.252 e. The molecule has 6 aromatic rings. The quantitative estimate of drug-likeness (QED) is 0.0207. The molecule has 0 bridgehead atoms. The van der Waals surface area contributed by atoms with Gasteiger partial charge in [0, 0.05) is 96.0 Å². The van der Waals surface area contributed by atoms with Gasteiger partial charge in [-0.15, -0.1) is 15.3 Å². The largest absolute Gasteiger partial charge is 0.387 e. The molecular formula is C58H87N17O22S. The molecule has 4 aliphatic rings. The van der Waals surface area contributed by atoms with Gasteiger partial charge in [-0.25, -0.2) is 32.4 Å². The molecule has 4 fully saturated rings. The highest BCUT2D eigenvalue weighted by molar-refractivity contribution is 7.91. The molecule has 542 valence electrons. The molecule has 39 nitrogen and oxygen atoms in total. The van der Waals surface area contributed by atoms with Crippen LogP contribution in [0, 0.1) is 0 Å². The fourth-order valence-electron chi connectivity index (χ4n) is 10.9. The zero-order valence-corrected chi connectivity index (χ0v) is 56.1. The number of aliphatic hydroxyl groups is 6. The molecule has 9 N–H and O–H groups in total. The molecule has 3 unspecified atom stereocenters. The molecule has 0 radical (unpaired) electrons. The van der Waals surface area contributed by atoms with Crippen LogP contribution in [0.1, 0.15) is 11.3 Å². The SMILES string of the molecule is CO[C@@H]1OC(C(=O)NCCOCCn2nncc2-c2cncn2C)[C@@H](OC)[C@H](O)[C@@H]1O.CO[C@@H]1OC(C(=O)NCCOCCn2nncc2CN2CCS(=O)(=O)CC2)[C@@H](OC)[C@H](O)[C@@H]1O.CO[C@@H]1OC(C(=O)NCc2ccc(-n3nncc3-c3cncn3C)cc2)[C@@H](OC)[C@H](O)[C@@H]1O. The summed E-state index contributed by atoms with van der Waals surface area (Å²) in [6.07, 6.45) is -6.12. The average molecular weight is 1410 g/mol. The summed E-state index contributed by atoms with van der Waals surface area (Å²) in [4.78, 5) is 47.9. The molecule has 4 aliphatic heterocycles. The third-order valence-corrected chi connectivity index (χ3v) is 18.0. The lowest BCUT2D eigenvalue weighted by Crippen LogP contribution is -2.62. The Morgan fingerprint density at radius 3 is 1.41 bits per heavy atom. The van der Waals surface area contributed by atoms with E-state index >= 15 is 0 Å². The van der Waals surface area contributed by atoms with Crippen LogP contribution in [0.4, 0.5) is 0 Å². The van der Waals surface area contributed by atoms with Gasteiger partial charge in [-0.1, -0.05) is 27.8 Å². The van der Waals surface area contributed by atoms with E-state index in [4.69, 9.17) is 52.1 Å². The summed E-state index contributed by atoms with van der Waals surface area (Å²) in [5, 5.41) is 92.7. The van der Waals surface area contributed by atoms with Gasteiger partial charge in [-0.05, 0) is 17.7 Å². The van der Waals surface area contributed by atoms with Crippen molar-refractivity contribution < 1.29 is 106 Å². The molecule has 5 aromatic heterocycles. The Morgan fingerprint density at radius 2 is 0.949 bits per heavy atom. The number of carbonyl (C=O) groups is 3. The summed E-state index contributed by atoms with van der Waals surface area (Å²) in [6, 6.07) is 7.45. The summed E-state index contributed by atoms with van der Waals surface area (Å²) in [7, 11) is 8.75. The summed E-state index contributed by atoms with van der Waals surface area (Å²) in [5.74, 6) is -1.20. The molecule has 9 heterocycles.